The van der Waals surface area contributed by atoms with Gasteiger partial charge in [0.25, 0.3) is 0 Å². The zero-order valence-corrected chi connectivity index (χ0v) is 20.8. The van der Waals surface area contributed by atoms with Crippen LogP contribution in [0.1, 0.15) is 32.7 Å². The zero-order valence-electron chi connectivity index (χ0n) is 19.2. The van der Waals surface area contributed by atoms with E-state index in [4.69, 9.17) is 23.2 Å². The quantitative estimate of drug-likeness (QED) is 0.460. The Morgan fingerprint density at radius 1 is 1.21 bits per heavy atom. The Morgan fingerprint density at radius 3 is 2.62 bits per heavy atom. The predicted octanol–water partition coefficient (Wildman–Crippen LogP) is 4.40. The lowest BCUT2D eigenvalue weighted by molar-refractivity contribution is -0.126. The van der Waals surface area contributed by atoms with Crippen LogP contribution in [0.4, 0.5) is 5.82 Å². The summed E-state index contributed by atoms with van der Waals surface area (Å²) in [6, 6.07) is 1.47. The summed E-state index contributed by atoms with van der Waals surface area (Å²) in [4.78, 5) is 38.6. The normalized spacial score (nSPS) is 25.6. The number of aromatic nitrogens is 3. The number of carbonyl (C=O) groups is 1. The summed E-state index contributed by atoms with van der Waals surface area (Å²) < 4.78 is 1.66. The molecule has 2 aliphatic carbocycles. The number of halogens is 2. The molecule has 178 valence electrons. The van der Waals surface area contributed by atoms with Gasteiger partial charge >= 0.3 is 5.69 Å². The molecule has 0 aromatic carbocycles. The fourth-order valence-electron chi connectivity index (χ4n) is 5.21. The standard InChI is InChI=1S/C25H27Cl2N5O2/c1-4-20(33)30-11-12-31(15(2)14-30)22-16-13-18(26)21(27)28-23(16)32(24(34)29-22)19-8-6-5-7-17(19)25(3)9-10-25/h4-8,13,15,17,19H,1,9-12,14H2,2-3H3. The van der Waals surface area contributed by atoms with E-state index in [1.807, 2.05) is 30.1 Å². The van der Waals surface area contributed by atoms with E-state index in [-0.39, 0.29) is 40.2 Å². The molecule has 3 heterocycles. The summed E-state index contributed by atoms with van der Waals surface area (Å²) in [5.41, 5.74) is 0.250. The summed E-state index contributed by atoms with van der Waals surface area (Å²) in [7, 11) is 0. The molecule has 0 N–H and O–H groups in total. The van der Waals surface area contributed by atoms with Crippen molar-refractivity contribution in [3.8, 4) is 0 Å². The number of anilines is 1. The average molecular weight is 500 g/mol. The molecule has 1 amide bonds. The van der Waals surface area contributed by atoms with E-state index >= 15 is 0 Å². The van der Waals surface area contributed by atoms with Crippen molar-refractivity contribution in [1.29, 1.82) is 0 Å². The number of fused-ring (bicyclic) bond motifs is 1. The maximum absolute atomic E-state index is 13.6. The highest BCUT2D eigenvalue weighted by atomic mass is 35.5. The van der Waals surface area contributed by atoms with Crippen LogP contribution in [0.15, 0.2) is 47.8 Å². The second-order valence-electron chi connectivity index (χ2n) is 9.69. The minimum Gasteiger partial charge on any atom is -0.350 e. The van der Waals surface area contributed by atoms with E-state index in [2.05, 4.69) is 29.5 Å². The van der Waals surface area contributed by atoms with Crippen molar-refractivity contribution in [3.63, 3.8) is 0 Å². The molecule has 0 spiro atoms. The van der Waals surface area contributed by atoms with Crippen molar-refractivity contribution in [2.24, 2.45) is 11.3 Å². The van der Waals surface area contributed by atoms with Gasteiger partial charge in [0.2, 0.25) is 5.91 Å². The van der Waals surface area contributed by atoms with Crippen molar-refractivity contribution in [1.82, 2.24) is 19.4 Å². The second kappa shape index (κ2) is 8.54. The second-order valence-corrected chi connectivity index (χ2v) is 10.5. The third kappa shape index (κ3) is 3.85. The summed E-state index contributed by atoms with van der Waals surface area (Å²) in [6.45, 7) is 9.38. The molecule has 1 aliphatic heterocycles. The Labute approximate surface area is 208 Å². The van der Waals surface area contributed by atoms with Crippen LogP contribution in [0.25, 0.3) is 11.0 Å². The van der Waals surface area contributed by atoms with Gasteiger partial charge in [-0.1, -0.05) is 61.0 Å². The lowest BCUT2D eigenvalue weighted by Gasteiger charge is -2.40. The highest BCUT2D eigenvalue weighted by Crippen LogP contribution is 2.56. The first-order valence-electron chi connectivity index (χ1n) is 11.5. The Bertz CT molecular complexity index is 1300. The number of allylic oxidation sites excluding steroid dienone is 4. The first-order valence-corrected chi connectivity index (χ1v) is 12.3. The van der Waals surface area contributed by atoms with Crippen LogP contribution in [-0.4, -0.2) is 51.0 Å². The van der Waals surface area contributed by atoms with Crippen LogP contribution in [0, 0.1) is 11.3 Å². The van der Waals surface area contributed by atoms with E-state index in [0.29, 0.717) is 41.5 Å². The average Bonchev–Trinajstić information content (AvgIpc) is 3.57. The molecule has 0 bridgehead atoms. The molecular formula is C25H27Cl2N5O2. The van der Waals surface area contributed by atoms with Crippen molar-refractivity contribution in [2.45, 2.75) is 38.8 Å². The van der Waals surface area contributed by atoms with Crippen LogP contribution >= 0.6 is 23.2 Å². The van der Waals surface area contributed by atoms with Crippen LogP contribution in [-0.2, 0) is 4.79 Å². The first-order chi connectivity index (χ1) is 16.2. The largest absolute Gasteiger partial charge is 0.351 e. The molecule has 2 fully saturated rings. The van der Waals surface area contributed by atoms with Crippen molar-refractivity contribution >= 4 is 46.0 Å². The number of hydrogen-bond donors (Lipinski definition) is 0. The molecule has 3 unspecified atom stereocenters. The molecule has 7 nitrogen and oxygen atoms in total. The Balaban J connectivity index is 1.64. The molecule has 34 heavy (non-hydrogen) atoms. The molecule has 5 rings (SSSR count). The molecule has 1 saturated heterocycles. The van der Waals surface area contributed by atoms with Crippen LogP contribution in [0.3, 0.4) is 0 Å². The fourth-order valence-corrected chi connectivity index (χ4v) is 5.49. The van der Waals surface area contributed by atoms with Gasteiger partial charge in [0.15, 0.2) is 0 Å². The van der Waals surface area contributed by atoms with Gasteiger partial charge in [0.05, 0.1) is 16.5 Å². The van der Waals surface area contributed by atoms with Crippen LogP contribution in [0.2, 0.25) is 10.2 Å². The molecule has 3 aliphatic rings. The van der Waals surface area contributed by atoms with Gasteiger partial charge in [-0.25, -0.2) is 9.78 Å². The van der Waals surface area contributed by atoms with Gasteiger partial charge in [0, 0.05) is 31.6 Å². The molecule has 2 aromatic rings. The number of carbonyl (C=O) groups excluding carboxylic acids is 1. The number of amides is 1. The summed E-state index contributed by atoms with van der Waals surface area (Å²) in [5.74, 6) is 0.577. The molecule has 9 heteroatoms. The molecule has 3 atom stereocenters. The zero-order chi connectivity index (χ0) is 24.2. The van der Waals surface area contributed by atoms with Gasteiger partial charge < -0.3 is 9.80 Å². The molecule has 2 aromatic heterocycles. The summed E-state index contributed by atoms with van der Waals surface area (Å²) >= 11 is 12.7. The van der Waals surface area contributed by atoms with Crippen molar-refractivity contribution < 1.29 is 4.79 Å². The predicted molar refractivity (Wildman–Crippen MR) is 136 cm³/mol. The Morgan fingerprint density at radius 2 is 1.94 bits per heavy atom. The summed E-state index contributed by atoms with van der Waals surface area (Å²) in [5, 5.41) is 1.13. The van der Waals surface area contributed by atoms with Crippen LogP contribution in [0.5, 0.6) is 0 Å². The van der Waals surface area contributed by atoms with E-state index in [1.54, 1.807) is 15.5 Å². The lowest BCUT2D eigenvalue weighted by atomic mass is 9.81. The Hall–Kier alpha value is -2.64. The number of rotatable bonds is 4. The van der Waals surface area contributed by atoms with E-state index < -0.39 is 0 Å². The third-order valence-electron chi connectivity index (χ3n) is 7.42. The maximum Gasteiger partial charge on any atom is 0.351 e. The van der Waals surface area contributed by atoms with Gasteiger partial charge in [-0.15, -0.1) is 0 Å². The highest BCUT2D eigenvalue weighted by molar-refractivity contribution is 6.41. The van der Waals surface area contributed by atoms with Gasteiger partial charge in [0.1, 0.15) is 16.6 Å². The number of piperazine rings is 1. The summed E-state index contributed by atoms with van der Waals surface area (Å²) in [6.07, 6.45) is 11.8. The van der Waals surface area contributed by atoms with E-state index in [9.17, 15) is 9.59 Å². The van der Waals surface area contributed by atoms with E-state index in [1.165, 1.54) is 6.08 Å². The molecule has 0 radical (unpaired) electrons. The first kappa shape index (κ1) is 23.1. The minimum atomic E-state index is -0.371. The van der Waals surface area contributed by atoms with Crippen molar-refractivity contribution in [2.75, 3.05) is 24.5 Å². The lowest BCUT2D eigenvalue weighted by Crippen LogP contribution is -2.54. The van der Waals surface area contributed by atoms with E-state index in [0.717, 1.165) is 12.8 Å². The molecular weight excluding hydrogens is 473 g/mol. The van der Waals surface area contributed by atoms with Crippen molar-refractivity contribution in [3.05, 3.63) is 63.7 Å². The topological polar surface area (TPSA) is 71.3 Å². The van der Waals surface area contributed by atoms with Gasteiger partial charge in [-0.2, -0.15) is 4.98 Å². The maximum atomic E-state index is 13.6. The SMILES string of the molecule is C=CC(=O)N1CCN(c2nc(=O)n(C3C=CC=CC3C3(C)CC3)c3nc(Cl)c(Cl)cc23)C(C)C1. The fraction of sp³-hybridized carbons (Fsp3) is 0.440. The van der Waals surface area contributed by atoms with Gasteiger partial charge in [-0.05, 0) is 37.3 Å². The minimum absolute atomic E-state index is 0.0614. The Kier molecular flexibility index (Phi) is 5.81. The smallest absolute Gasteiger partial charge is 0.350 e. The monoisotopic (exact) mass is 499 g/mol. The molecule has 1 saturated carbocycles. The van der Waals surface area contributed by atoms with Crippen LogP contribution < -0.4 is 10.6 Å². The highest BCUT2D eigenvalue weighted by Gasteiger charge is 2.47. The number of nitrogens with zero attached hydrogens (tertiary/aromatic N) is 5. The third-order valence-corrected chi connectivity index (χ3v) is 8.10. The number of hydrogen-bond acceptors (Lipinski definition) is 5. The number of pyridine rings is 1. The van der Waals surface area contributed by atoms with Gasteiger partial charge in [-0.3, -0.25) is 9.36 Å².